The van der Waals surface area contributed by atoms with Crippen LogP contribution in [0.4, 0.5) is 11.8 Å². The predicted octanol–water partition coefficient (Wildman–Crippen LogP) is 2.69. The number of aromatic nitrogens is 2. The molecule has 1 unspecified atom stereocenters. The summed E-state index contributed by atoms with van der Waals surface area (Å²) in [6.07, 6.45) is 3.01. The second-order valence-electron chi connectivity index (χ2n) is 4.11. The minimum Gasteiger partial charge on any atom is -0.355 e. The van der Waals surface area contributed by atoms with E-state index in [9.17, 15) is 0 Å². The van der Waals surface area contributed by atoms with E-state index in [1.807, 2.05) is 18.9 Å². The second kappa shape index (κ2) is 7.02. The fourth-order valence-electron chi connectivity index (χ4n) is 1.41. The number of hydrogen-bond donors (Lipinski definition) is 1. The van der Waals surface area contributed by atoms with Crippen molar-refractivity contribution in [3.8, 4) is 6.07 Å². The number of nitriles is 1. The summed E-state index contributed by atoms with van der Waals surface area (Å²) in [6.45, 7) is 4.85. The Morgan fingerprint density at radius 3 is 2.94 bits per heavy atom. The number of halogens is 1. The molecule has 1 aromatic rings. The number of hydrogen-bond acceptors (Lipinski definition) is 5. The van der Waals surface area contributed by atoms with Crippen LogP contribution in [0.2, 0.25) is 5.02 Å². The Hall–Kier alpha value is -1.54. The van der Waals surface area contributed by atoms with Crippen LogP contribution in [0.25, 0.3) is 0 Å². The molecule has 1 N–H and O–H groups in total. The van der Waals surface area contributed by atoms with Crippen molar-refractivity contribution in [2.45, 2.75) is 32.7 Å². The van der Waals surface area contributed by atoms with Crippen molar-refractivity contribution in [2.24, 2.45) is 0 Å². The van der Waals surface area contributed by atoms with Crippen LogP contribution in [0.1, 0.15) is 26.7 Å². The molecule has 0 aliphatic carbocycles. The van der Waals surface area contributed by atoms with Gasteiger partial charge in [0.15, 0.2) is 5.82 Å². The van der Waals surface area contributed by atoms with Gasteiger partial charge < -0.3 is 10.2 Å². The first kappa shape index (κ1) is 14.5. The van der Waals surface area contributed by atoms with Gasteiger partial charge in [-0.15, -0.1) is 0 Å². The summed E-state index contributed by atoms with van der Waals surface area (Å²) < 4.78 is 0. The van der Waals surface area contributed by atoms with E-state index in [-0.39, 0.29) is 6.04 Å². The van der Waals surface area contributed by atoms with Crippen molar-refractivity contribution < 1.29 is 0 Å². The Morgan fingerprint density at radius 1 is 1.61 bits per heavy atom. The average molecular weight is 268 g/mol. The molecule has 0 spiro atoms. The maximum Gasteiger partial charge on any atom is 0.224 e. The maximum atomic E-state index is 8.72. The van der Waals surface area contributed by atoms with Gasteiger partial charge in [0.2, 0.25) is 5.95 Å². The van der Waals surface area contributed by atoms with Crippen molar-refractivity contribution in [2.75, 3.05) is 23.8 Å². The molecule has 0 aliphatic heterocycles. The van der Waals surface area contributed by atoms with E-state index in [0.717, 1.165) is 13.0 Å². The zero-order valence-corrected chi connectivity index (χ0v) is 11.7. The van der Waals surface area contributed by atoms with Crippen molar-refractivity contribution in [1.82, 2.24) is 9.97 Å². The molecule has 98 valence electrons. The maximum absolute atomic E-state index is 8.72. The highest BCUT2D eigenvalue weighted by molar-refractivity contribution is 6.32. The van der Waals surface area contributed by atoms with Gasteiger partial charge in [0.05, 0.1) is 18.7 Å². The molecule has 0 fully saturated rings. The van der Waals surface area contributed by atoms with Gasteiger partial charge in [-0.2, -0.15) is 10.2 Å². The van der Waals surface area contributed by atoms with Gasteiger partial charge in [-0.1, -0.05) is 18.5 Å². The smallest absolute Gasteiger partial charge is 0.224 e. The molecule has 1 rings (SSSR count). The molecule has 0 saturated heterocycles. The van der Waals surface area contributed by atoms with E-state index < -0.39 is 0 Å². The highest BCUT2D eigenvalue weighted by atomic mass is 35.5. The highest BCUT2D eigenvalue weighted by Gasteiger charge is 2.15. The second-order valence-corrected chi connectivity index (χ2v) is 4.52. The van der Waals surface area contributed by atoms with E-state index in [0.29, 0.717) is 23.2 Å². The summed E-state index contributed by atoms with van der Waals surface area (Å²) >= 11 is 6.09. The molecule has 0 bridgehead atoms. The Kier molecular flexibility index (Phi) is 5.66. The molecule has 0 amide bonds. The molecule has 1 atom stereocenters. The highest BCUT2D eigenvalue weighted by Crippen LogP contribution is 2.24. The van der Waals surface area contributed by atoms with Crippen LogP contribution in [-0.4, -0.2) is 29.6 Å². The molecule has 0 saturated carbocycles. The molecule has 1 heterocycles. The first-order valence-electron chi connectivity index (χ1n) is 5.96. The summed E-state index contributed by atoms with van der Waals surface area (Å²) in [4.78, 5) is 10.4. The van der Waals surface area contributed by atoms with Crippen LogP contribution in [0.15, 0.2) is 6.20 Å². The van der Waals surface area contributed by atoms with Crippen LogP contribution in [0, 0.1) is 11.3 Å². The zero-order valence-electron chi connectivity index (χ0n) is 10.9. The Labute approximate surface area is 113 Å². The van der Waals surface area contributed by atoms with Crippen LogP contribution >= 0.6 is 11.6 Å². The minimum absolute atomic E-state index is 0.0569. The predicted molar refractivity (Wildman–Crippen MR) is 73.9 cm³/mol. The average Bonchev–Trinajstić information content (AvgIpc) is 2.37. The SMILES string of the molecule is CCCNc1ncc(Cl)c(N(C)C(C)CC#N)n1. The van der Waals surface area contributed by atoms with Crippen molar-refractivity contribution >= 4 is 23.4 Å². The third-order valence-corrected chi connectivity index (χ3v) is 2.91. The van der Waals surface area contributed by atoms with Gasteiger partial charge in [-0.05, 0) is 13.3 Å². The standard InChI is InChI=1S/C12H18ClN5/c1-4-7-15-12-16-8-10(13)11(17-12)18(3)9(2)5-6-14/h8-9H,4-5,7H2,1-3H3,(H,15,16,17). The van der Waals surface area contributed by atoms with Crippen LogP contribution < -0.4 is 10.2 Å². The first-order chi connectivity index (χ1) is 8.60. The number of nitrogens with zero attached hydrogens (tertiary/aromatic N) is 4. The zero-order chi connectivity index (χ0) is 13.5. The molecule has 0 radical (unpaired) electrons. The van der Waals surface area contributed by atoms with Crippen molar-refractivity contribution in [3.05, 3.63) is 11.2 Å². The van der Waals surface area contributed by atoms with E-state index in [1.54, 1.807) is 6.20 Å². The summed E-state index contributed by atoms with van der Waals surface area (Å²) in [5.41, 5.74) is 0. The minimum atomic E-state index is 0.0569. The molecule has 0 aromatic carbocycles. The largest absolute Gasteiger partial charge is 0.355 e. The van der Waals surface area contributed by atoms with Gasteiger partial charge in [-0.3, -0.25) is 0 Å². The van der Waals surface area contributed by atoms with Crippen molar-refractivity contribution in [1.29, 1.82) is 5.26 Å². The van der Waals surface area contributed by atoms with E-state index in [2.05, 4.69) is 28.3 Å². The topological polar surface area (TPSA) is 64.8 Å². The lowest BCUT2D eigenvalue weighted by atomic mass is 10.2. The van der Waals surface area contributed by atoms with Gasteiger partial charge in [0, 0.05) is 19.6 Å². The van der Waals surface area contributed by atoms with E-state index in [1.165, 1.54) is 0 Å². The molecular weight excluding hydrogens is 250 g/mol. The Bertz CT molecular complexity index is 429. The molecule has 5 nitrogen and oxygen atoms in total. The lowest BCUT2D eigenvalue weighted by molar-refractivity contribution is 0.693. The fraction of sp³-hybridized carbons (Fsp3) is 0.583. The van der Waals surface area contributed by atoms with E-state index in [4.69, 9.17) is 16.9 Å². The summed E-state index contributed by atoms with van der Waals surface area (Å²) in [5, 5.41) is 12.3. The van der Waals surface area contributed by atoms with E-state index >= 15 is 0 Å². The van der Waals surface area contributed by atoms with Crippen molar-refractivity contribution in [3.63, 3.8) is 0 Å². The van der Waals surface area contributed by atoms with Crippen LogP contribution in [-0.2, 0) is 0 Å². The van der Waals surface area contributed by atoms with Gasteiger partial charge in [-0.25, -0.2) is 4.98 Å². The quantitative estimate of drug-likeness (QED) is 0.858. The lowest BCUT2D eigenvalue weighted by Crippen LogP contribution is -2.29. The molecule has 6 heteroatoms. The number of rotatable bonds is 6. The first-order valence-corrected chi connectivity index (χ1v) is 6.34. The number of nitrogens with one attached hydrogen (secondary N) is 1. The lowest BCUT2D eigenvalue weighted by Gasteiger charge is -2.25. The molecule has 18 heavy (non-hydrogen) atoms. The monoisotopic (exact) mass is 267 g/mol. The number of anilines is 2. The summed E-state index contributed by atoms with van der Waals surface area (Å²) in [5.74, 6) is 1.21. The summed E-state index contributed by atoms with van der Waals surface area (Å²) in [6, 6.07) is 2.20. The third kappa shape index (κ3) is 3.74. The van der Waals surface area contributed by atoms with Gasteiger partial charge >= 0.3 is 0 Å². The fourth-order valence-corrected chi connectivity index (χ4v) is 1.63. The van der Waals surface area contributed by atoms with Crippen LogP contribution in [0.5, 0.6) is 0 Å². The summed E-state index contributed by atoms with van der Waals surface area (Å²) in [7, 11) is 1.87. The van der Waals surface area contributed by atoms with Gasteiger partial charge in [0.1, 0.15) is 5.02 Å². The third-order valence-electron chi connectivity index (χ3n) is 2.64. The van der Waals surface area contributed by atoms with Gasteiger partial charge in [0.25, 0.3) is 0 Å². The molecule has 0 aliphatic rings. The molecule has 1 aromatic heterocycles. The normalized spacial score (nSPS) is 11.7. The van der Waals surface area contributed by atoms with Crippen LogP contribution in [0.3, 0.4) is 0 Å². The Balaban J connectivity index is 2.89. The Morgan fingerprint density at radius 2 is 2.33 bits per heavy atom. The molecular formula is C12H18ClN5.